The smallest absolute Gasteiger partial charge is 0.251 e. The number of imidazole rings is 1. The minimum atomic E-state index is -0.348. The van der Waals surface area contributed by atoms with Gasteiger partial charge in [0, 0.05) is 53.2 Å². The highest BCUT2D eigenvalue weighted by Gasteiger charge is 2.21. The summed E-state index contributed by atoms with van der Waals surface area (Å²) in [6.45, 7) is 0.552. The lowest BCUT2D eigenvalue weighted by atomic mass is 10.1. The van der Waals surface area contributed by atoms with Crippen molar-refractivity contribution >= 4 is 45.4 Å². The Bertz CT molecular complexity index is 1300. The number of nitrogens with one attached hydrogen (secondary N) is 2. The van der Waals surface area contributed by atoms with Crippen LogP contribution in [0.4, 0.5) is 11.4 Å². The molecule has 1 fully saturated rings. The Morgan fingerprint density at radius 3 is 2.55 bits per heavy atom. The summed E-state index contributed by atoms with van der Waals surface area (Å²) in [5, 5.41) is 7.38. The monoisotopic (exact) mass is 459 g/mol. The van der Waals surface area contributed by atoms with Gasteiger partial charge in [-0.15, -0.1) is 11.3 Å². The number of hydrogen-bond acceptors (Lipinski definition) is 5. The van der Waals surface area contributed by atoms with Gasteiger partial charge in [-0.05, 0) is 42.8 Å². The van der Waals surface area contributed by atoms with Crippen LogP contribution in [-0.2, 0) is 9.59 Å². The lowest BCUT2D eigenvalue weighted by molar-refractivity contribution is -0.117. The molecular weight excluding hydrogens is 438 g/mol. The van der Waals surface area contributed by atoms with Crippen molar-refractivity contribution in [3.05, 3.63) is 71.9 Å². The van der Waals surface area contributed by atoms with Crippen LogP contribution in [0.1, 0.15) is 23.2 Å². The van der Waals surface area contributed by atoms with E-state index in [2.05, 4.69) is 15.6 Å². The van der Waals surface area contributed by atoms with E-state index < -0.39 is 0 Å². The fraction of sp³-hybridized carbons (Fsp3) is 0.167. The fourth-order valence-electron chi connectivity index (χ4n) is 3.77. The standard InChI is InChI=1S/C24H21N5O3S/c30-21(14-25-23(32)17-5-9-19(10-6-17)29-11-1-2-22(29)31)26-18-7-3-16(4-8-18)20-15-28-12-13-33-24(28)27-20/h3-10,12-13,15H,1-2,11,14H2,(H,25,32)(H,26,30). The second-order valence-electron chi connectivity index (χ2n) is 7.72. The van der Waals surface area contributed by atoms with Gasteiger partial charge in [0.05, 0.1) is 12.2 Å². The second-order valence-corrected chi connectivity index (χ2v) is 8.60. The largest absolute Gasteiger partial charge is 0.343 e. The molecule has 4 aromatic rings. The third-order valence-electron chi connectivity index (χ3n) is 5.48. The van der Waals surface area contributed by atoms with Gasteiger partial charge < -0.3 is 15.5 Å². The molecule has 2 N–H and O–H groups in total. The minimum absolute atomic E-state index is 0.0987. The topological polar surface area (TPSA) is 95.8 Å². The summed E-state index contributed by atoms with van der Waals surface area (Å²) in [4.78, 5) is 43.7. The summed E-state index contributed by atoms with van der Waals surface area (Å²) in [6, 6.07) is 14.2. The molecule has 0 atom stereocenters. The zero-order valence-electron chi connectivity index (χ0n) is 17.7. The summed E-state index contributed by atoms with van der Waals surface area (Å²) in [6.07, 6.45) is 5.33. The summed E-state index contributed by atoms with van der Waals surface area (Å²) in [7, 11) is 0. The summed E-state index contributed by atoms with van der Waals surface area (Å²) in [5.41, 5.74) is 3.68. The average Bonchev–Trinajstić information content (AvgIpc) is 3.55. The van der Waals surface area contributed by atoms with E-state index in [-0.39, 0.29) is 24.3 Å². The van der Waals surface area contributed by atoms with Crippen LogP contribution in [0.3, 0.4) is 0 Å². The zero-order chi connectivity index (χ0) is 22.8. The maximum atomic E-state index is 12.4. The SMILES string of the molecule is O=C(CNC(=O)c1ccc(N2CCCC2=O)cc1)Nc1ccc(-c2cn3ccsc3n2)cc1. The first-order valence-electron chi connectivity index (χ1n) is 10.6. The molecule has 1 saturated heterocycles. The van der Waals surface area contributed by atoms with E-state index in [0.717, 1.165) is 28.3 Å². The molecule has 0 radical (unpaired) electrons. The molecule has 0 bridgehead atoms. The molecule has 0 spiro atoms. The third-order valence-corrected chi connectivity index (χ3v) is 6.25. The first-order chi connectivity index (χ1) is 16.1. The van der Waals surface area contributed by atoms with E-state index in [1.807, 2.05) is 34.3 Å². The van der Waals surface area contributed by atoms with Crippen molar-refractivity contribution in [3.63, 3.8) is 0 Å². The average molecular weight is 460 g/mol. The van der Waals surface area contributed by atoms with Crippen molar-refractivity contribution in [2.24, 2.45) is 0 Å². The van der Waals surface area contributed by atoms with Crippen molar-refractivity contribution < 1.29 is 14.4 Å². The summed E-state index contributed by atoms with van der Waals surface area (Å²) < 4.78 is 1.97. The number of anilines is 2. The third kappa shape index (κ3) is 4.49. The van der Waals surface area contributed by atoms with E-state index in [1.54, 1.807) is 52.6 Å². The Hall–Kier alpha value is -3.98. The van der Waals surface area contributed by atoms with Crippen molar-refractivity contribution in [1.82, 2.24) is 14.7 Å². The van der Waals surface area contributed by atoms with Crippen LogP contribution in [0.25, 0.3) is 16.2 Å². The predicted octanol–water partition coefficient (Wildman–Crippen LogP) is 3.56. The molecule has 3 heterocycles. The molecule has 1 aliphatic heterocycles. The lowest BCUT2D eigenvalue weighted by Gasteiger charge is -2.15. The van der Waals surface area contributed by atoms with Crippen LogP contribution in [0.2, 0.25) is 0 Å². The quantitative estimate of drug-likeness (QED) is 0.461. The number of carbonyl (C=O) groups is 3. The number of amides is 3. The molecule has 33 heavy (non-hydrogen) atoms. The van der Waals surface area contributed by atoms with Crippen LogP contribution in [-0.4, -0.2) is 40.2 Å². The maximum Gasteiger partial charge on any atom is 0.251 e. The van der Waals surface area contributed by atoms with E-state index in [0.29, 0.717) is 24.2 Å². The molecule has 9 heteroatoms. The van der Waals surface area contributed by atoms with Gasteiger partial charge in [0.15, 0.2) is 4.96 Å². The van der Waals surface area contributed by atoms with E-state index in [1.165, 1.54) is 0 Å². The number of aromatic nitrogens is 2. The van der Waals surface area contributed by atoms with Crippen LogP contribution in [0.5, 0.6) is 0 Å². The zero-order valence-corrected chi connectivity index (χ0v) is 18.5. The van der Waals surface area contributed by atoms with E-state index in [9.17, 15) is 14.4 Å². The Morgan fingerprint density at radius 1 is 1.06 bits per heavy atom. The number of thiazole rings is 1. The van der Waals surface area contributed by atoms with Crippen molar-refractivity contribution in [2.45, 2.75) is 12.8 Å². The first-order valence-corrected chi connectivity index (χ1v) is 11.5. The summed E-state index contributed by atoms with van der Waals surface area (Å²) in [5.74, 6) is -0.570. The van der Waals surface area contributed by atoms with Gasteiger partial charge in [0.1, 0.15) is 0 Å². The number of nitrogens with zero attached hydrogens (tertiary/aromatic N) is 3. The molecule has 0 saturated carbocycles. The molecule has 5 rings (SSSR count). The number of benzene rings is 2. The Balaban J connectivity index is 1.14. The molecule has 1 aliphatic rings. The van der Waals surface area contributed by atoms with Crippen LogP contribution < -0.4 is 15.5 Å². The molecule has 166 valence electrons. The normalized spacial score (nSPS) is 13.5. The lowest BCUT2D eigenvalue weighted by Crippen LogP contribution is -2.32. The van der Waals surface area contributed by atoms with Crippen LogP contribution in [0.15, 0.2) is 66.3 Å². The van der Waals surface area contributed by atoms with E-state index in [4.69, 9.17) is 0 Å². The van der Waals surface area contributed by atoms with Gasteiger partial charge in [-0.25, -0.2) is 4.98 Å². The molecule has 0 aliphatic carbocycles. The fourth-order valence-corrected chi connectivity index (χ4v) is 4.47. The van der Waals surface area contributed by atoms with Crippen molar-refractivity contribution in [1.29, 1.82) is 0 Å². The summed E-state index contributed by atoms with van der Waals surface area (Å²) >= 11 is 1.57. The molecule has 0 unspecified atom stereocenters. The van der Waals surface area contributed by atoms with Gasteiger partial charge >= 0.3 is 0 Å². The Labute approximate surface area is 193 Å². The van der Waals surface area contributed by atoms with Gasteiger partial charge in [-0.3, -0.25) is 18.8 Å². The predicted molar refractivity (Wildman–Crippen MR) is 127 cm³/mol. The highest BCUT2D eigenvalue weighted by molar-refractivity contribution is 7.15. The minimum Gasteiger partial charge on any atom is -0.343 e. The number of carbonyl (C=O) groups excluding carboxylic acids is 3. The number of rotatable bonds is 6. The Kier molecular flexibility index (Phi) is 5.62. The molecule has 2 aromatic heterocycles. The van der Waals surface area contributed by atoms with Gasteiger partial charge in [-0.2, -0.15) is 0 Å². The van der Waals surface area contributed by atoms with Crippen LogP contribution >= 0.6 is 11.3 Å². The maximum absolute atomic E-state index is 12.4. The highest BCUT2D eigenvalue weighted by Crippen LogP contribution is 2.23. The molecular formula is C24H21N5O3S. The van der Waals surface area contributed by atoms with E-state index >= 15 is 0 Å². The van der Waals surface area contributed by atoms with Gasteiger partial charge in [0.2, 0.25) is 11.8 Å². The molecule has 3 amide bonds. The van der Waals surface area contributed by atoms with Gasteiger partial charge in [-0.1, -0.05) is 12.1 Å². The number of hydrogen-bond donors (Lipinski definition) is 2. The molecule has 2 aromatic carbocycles. The Morgan fingerprint density at radius 2 is 1.85 bits per heavy atom. The highest BCUT2D eigenvalue weighted by atomic mass is 32.1. The van der Waals surface area contributed by atoms with Crippen LogP contribution in [0, 0.1) is 0 Å². The van der Waals surface area contributed by atoms with Crippen molar-refractivity contribution in [3.8, 4) is 11.3 Å². The second kappa shape index (κ2) is 8.87. The molecule has 8 nitrogen and oxygen atoms in total. The van der Waals surface area contributed by atoms with Gasteiger partial charge in [0.25, 0.3) is 5.91 Å². The van der Waals surface area contributed by atoms with Crippen molar-refractivity contribution in [2.75, 3.05) is 23.3 Å². The number of fused-ring (bicyclic) bond motifs is 1. The first kappa shape index (κ1) is 20.9.